The lowest BCUT2D eigenvalue weighted by atomic mass is 9.90. The van der Waals surface area contributed by atoms with Crippen LogP contribution in [0.3, 0.4) is 0 Å². The van der Waals surface area contributed by atoms with Crippen molar-refractivity contribution >= 4 is 28.3 Å². The Bertz CT molecular complexity index is 1200. The fourth-order valence-electron chi connectivity index (χ4n) is 3.45. The van der Waals surface area contributed by atoms with Crippen LogP contribution in [0.5, 0.6) is 5.75 Å². The highest BCUT2D eigenvalue weighted by Gasteiger charge is 2.34. The molecule has 0 saturated carbocycles. The molecule has 4 heterocycles. The Balaban J connectivity index is 1.62. The van der Waals surface area contributed by atoms with Gasteiger partial charge in [-0.1, -0.05) is 18.5 Å². The smallest absolute Gasteiger partial charge is 0.164 e. The molecule has 0 atom stereocenters. The fraction of sp³-hybridized carbons (Fsp3) is 0.286. The maximum Gasteiger partial charge on any atom is 0.164 e. The van der Waals surface area contributed by atoms with Crippen molar-refractivity contribution in [2.45, 2.75) is 13.8 Å². The lowest BCUT2D eigenvalue weighted by molar-refractivity contribution is -0.120. The predicted octanol–water partition coefficient (Wildman–Crippen LogP) is 4.32. The number of hydrogen-bond acceptors (Lipinski definition) is 5. The molecule has 28 heavy (non-hydrogen) atoms. The zero-order chi connectivity index (χ0) is 19.3. The maximum atomic E-state index is 6.54. The van der Waals surface area contributed by atoms with Crippen LogP contribution in [0.15, 0.2) is 42.7 Å². The molecule has 3 aromatic heterocycles. The number of aryl methyl sites for hydroxylation is 1. The summed E-state index contributed by atoms with van der Waals surface area (Å²) in [5, 5.41) is 0.608. The molecule has 5 rings (SSSR count). The van der Waals surface area contributed by atoms with Gasteiger partial charge in [-0.15, -0.1) is 0 Å². The van der Waals surface area contributed by atoms with Gasteiger partial charge in [0.15, 0.2) is 5.65 Å². The Morgan fingerprint density at radius 3 is 2.89 bits per heavy atom. The molecule has 142 valence electrons. The number of imidazole rings is 1. The topological polar surface area (TPSA) is 61.5 Å². The summed E-state index contributed by atoms with van der Waals surface area (Å²) in [5.74, 6) is 1.48. The number of nitrogens with zero attached hydrogens (tertiary/aromatic N) is 4. The van der Waals surface area contributed by atoms with E-state index in [1.165, 1.54) is 0 Å². The second-order valence-electron chi connectivity index (χ2n) is 7.58. The van der Waals surface area contributed by atoms with Gasteiger partial charge in [0.1, 0.15) is 17.1 Å². The number of pyridine rings is 1. The van der Waals surface area contributed by atoms with Gasteiger partial charge in [-0.05, 0) is 37.3 Å². The number of fused-ring (bicyclic) bond motifs is 3. The van der Waals surface area contributed by atoms with Gasteiger partial charge in [-0.25, -0.2) is 15.0 Å². The van der Waals surface area contributed by atoms with E-state index in [4.69, 9.17) is 21.1 Å². The van der Waals surface area contributed by atoms with Crippen LogP contribution in [0.4, 0.5) is 0 Å². The van der Waals surface area contributed by atoms with E-state index in [0.717, 1.165) is 52.7 Å². The van der Waals surface area contributed by atoms with E-state index in [1.54, 1.807) is 6.20 Å². The van der Waals surface area contributed by atoms with Crippen molar-refractivity contribution in [2.75, 3.05) is 19.8 Å². The summed E-state index contributed by atoms with van der Waals surface area (Å²) in [6.45, 7) is 6.17. The Morgan fingerprint density at radius 1 is 1.25 bits per heavy atom. The van der Waals surface area contributed by atoms with Crippen LogP contribution in [0.1, 0.15) is 12.6 Å². The molecule has 1 saturated heterocycles. The molecule has 0 N–H and O–H groups in total. The third-order valence-electron chi connectivity index (χ3n) is 5.07. The van der Waals surface area contributed by atoms with Gasteiger partial charge >= 0.3 is 0 Å². The standard InChI is InChI=1S/C21H19ClN4O2/c1-13-18-9-24-19(26(18)20-17(25-13)4-3-7-23-20)15-8-14(5-6-16(15)22)28-12-21(2)10-27-11-21/h3-9H,10-12H2,1-2H3. The highest BCUT2D eigenvalue weighted by atomic mass is 35.5. The Hall–Kier alpha value is -2.70. The predicted molar refractivity (Wildman–Crippen MR) is 108 cm³/mol. The number of rotatable bonds is 4. The van der Waals surface area contributed by atoms with Crippen molar-refractivity contribution < 1.29 is 9.47 Å². The zero-order valence-electron chi connectivity index (χ0n) is 15.6. The summed E-state index contributed by atoms with van der Waals surface area (Å²) in [6, 6.07) is 9.49. The summed E-state index contributed by atoms with van der Waals surface area (Å²) in [7, 11) is 0. The van der Waals surface area contributed by atoms with E-state index in [2.05, 4.69) is 21.9 Å². The van der Waals surface area contributed by atoms with Crippen molar-refractivity contribution in [3.8, 4) is 17.1 Å². The van der Waals surface area contributed by atoms with Gasteiger partial charge in [0.05, 0.1) is 42.3 Å². The quantitative estimate of drug-likeness (QED) is 0.515. The normalized spacial score (nSPS) is 15.7. The zero-order valence-corrected chi connectivity index (χ0v) is 16.4. The molecule has 0 unspecified atom stereocenters. The van der Waals surface area contributed by atoms with Gasteiger partial charge in [0, 0.05) is 17.2 Å². The van der Waals surface area contributed by atoms with E-state index < -0.39 is 0 Å². The van der Waals surface area contributed by atoms with Crippen molar-refractivity contribution in [1.29, 1.82) is 0 Å². The number of aromatic nitrogens is 4. The highest BCUT2D eigenvalue weighted by molar-refractivity contribution is 6.33. The molecule has 7 heteroatoms. The molecule has 1 aliphatic heterocycles. The van der Waals surface area contributed by atoms with Crippen LogP contribution in [-0.2, 0) is 4.74 Å². The van der Waals surface area contributed by atoms with Crippen molar-refractivity contribution in [3.05, 3.63) is 53.4 Å². The SMILES string of the molecule is Cc1nc2cccnc2n2c(-c3cc(OCC4(C)COC4)ccc3Cl)ncc12. The molecule has 1 aliphatic rings. The van der Waals surface area contributed by atoms with E-state index in [1.807, 2.05) is 47.9 Å². The summed E-state index contributed by atoms with van der Waals surface area (Å²) in [6.07, 6.45) is 3.56. The monoisotopic (exact) mass is 394 g/mol. The van der Waals surface area contributed by atoms with Crippen molar-refractivity contribution in [2.24, 2.45) is 5.41 Å². The molecule has 0 radical (unpaired) electrons. The van der Waals surface area contributed by atoms with Crippen molar-refractivity contribution in [3.63, 3.8) is 0 Å². The summed E-state index contributed by atoms with van der Waals surface area (Å²) in [4.78, 5) is 13.8. The average Bonchev–Trinajstić information content (AvgIpc) is 3.12. The maximum absolute atomic E-state index is 6.54. The molecular formula is C21H19ClN4O2. The fourth-order valence-corrected chi connectivity index (χ4v) is 3.66. The lowest BCUT2D eigenvalue weighted by Gasteiger charge is -2.37. The number of benzene rings is 1. The van der Waals surface area contributed by atoms with Crippen LogP contribution in [0.2, 0.25) is 5.02 Å². The molecule has 1 aromatic carbocycles. The number of ether oxygens (including phenoxy) is 2. The average molecular weight is 395 g/mol. The largest absolute Gasteiger partial charge is 0.493 e. The first-order chi connectivity index (χ1) is 13.5. The summed E-state index contributed by atoms with van der Waals surface area (Å²) >= 11 is 6.54. The molecule has 0 bridgehead atoms. The second-order valence-corrected chi connectivity index (χ2v) is 7.99. The van der Waals surface area contributed by atoms with E-state index in [-0.39, 0.29) is 5.41 Å². The van der Waals surface area contributed by atoms with Gasteiger partial charge in [-0.3, -0.25) is 4.40 Å². The Morgan fingerprint density at radius 2 is 2.11 bits per heavy atom. The van der Waals surface area contributed by atoms with Crippen LogP contribution in [0, 0.1) is 12.3 Å². The number of hydrogen-bond donors (Lipinski definition) is 0. The molecule has 6 nitrogen and oxygen atoms in total. The Labute approximate surface area is 167 Å². The third kappa shape index (κ3) is 2.80. The minimum absolute atomic E-state index is 0.0721. The first-order valence-corrected chi connectivity index (χ1v) is 9.51. The molecule has 4 aromatic rings. The first-order valence-electron chi connectivity index (χ1n) is 9.13. The molecule has 0 spiro atoms. The summed E-state index contributed by atoms with van der Waals surface area (Å²) < 4.78 is 13.3. The minimum atomic E-state index is 0.0721. The second kappa shape index (κ2) is 6.43. The Kier molecular flexibility index (Phi) is 4.00. The summed E-state index contributed by atoms with van der Waals surface area (Å²) in [5.41, 5.74) is 4.23. The van der Waals surface area contributed by atoms with Crippen LogP contribution in [-0.4, -0.2) is 39.2 Å². The van der Waals surface area contributed by atoms with Crippen molar-refractivity contribution in [1.82, 2.24) is 19.4 Å². The van der Waals surface area contributed by atoms with Gasteiger partial charge < -0.3 is 9.47 Å². The van der Waals surface area contributed by atoms with E-state index >= 15 is 0 Å². The van der Waals surface area contributed by atoms with Gasteiger partial charge in [0.2, 0.25) is 0 Å². The van der Waals surface area contributed by atoms with Gasteiger partial charge in [-0.2, -0.15) is 0 Å². The first kappa shape index (κ1) is 17.4. The van der Waals surface area contributed by atoms with E-state index in [0.29, 0.717) is 11.6 Å². The molecule has 1 fully saturated rings. The van der Waals surface area contributed by atoms with Crippen LogP contribution >= 0.6 is 11.6 Å². The minimum Gasteiger partial charge on any atom is -0.493 e. The van der Waals surface area contributed by atoms with E-state index in [9.17, 15) is 0 Å². The lowest BCUT2D eigenvalue weighted by Crippen LogP contribution is -2.44. The highest BCUT2D eigenvalue weighted by Crippen LogP contribution is 2.34. The van der Waals surface area contributed by atoms with Crippen LogP contribution in [0.25, 0.3) is 28.1 Å². The van der Waals surface area contributed by atoms with Crippen LogP contribution < -0.4 is 4.74 Å². The molecular weight excluding hydrogens is 376 g/mol. The number of halogens is 1. The molecule has 0 amide bonds. The third-order valence-corrected chi connectivity index (χ3v) is 5.40. The molecule has 0 aliphatic carbocycles. The van der Waals surface area contributed by atoms with Gasteiger partial charge in [0.25, 0.3) is 0 Å².